The standard InChI is InChI=1S/C25H31F2N3O3/c1-5-32-16-21(31)14-29(17(2)3)15-22-18(4)28-30(20-9-7-6-8-10-20)25(22)33-24-12-11-19(26)13-23(24)27/h6-13,17,21,31H,5,14-16H2,1-4H3. The molecule has 1 heterocycles. The predicted molar refractivity (Wildman–Crippen MR) is 123 cm³/mol. The van der Waals surface area contributed by atoms with E-state index in [2.05, 4.69) is 10.00 Å². The van der Waals surface area contributed by atoms with Crippen LogP contribution in [-0.4, -0.2) is 51.7 Å². The number of aromatic nitrogens is 2. The average molecular weight is 460 g/mol. The lowest BCUT2D eigenvalue weighted by Gasteiger charge is -2.29. The van der Waals surface area contributed by atoms with E-state index in [4.69, 9.17) is 9.47 Å². The molecule has 1 unspecified atom stereocenters. The fraction of sp³-hybridized carbons (Fsp3) is 0.400. The average Bonchev–Trinajstić information content (AvgIpc) is 3.09. The van der Waals surface area contributed by atoms with Crippen LogP contribution in [0.4, 0.5) is 8.78 Å². The first-order valence-corrected chi connectivity index (χ1v) is 11.1. The maximum atomic E-state index is 14.4. The molecule has 0 aliphatic heterocycles. The highest BCUT2D eigenvalue weighted by Gasteiger charge is 2.24. The van der Waals surface area contributed by atoms with Crippen molar-refractivity contribution < 1.29 is 23.4 Å². The Kier molecular flexibility index (Phi) is 8.55. The summed E-state index contributed by atoms with van der Waals surface area (Å²) in [5.41, 5.74) is 2.21. The molecule has 1 atom stereocenters. The number of aliphatic hydroxyl groups is 1. The number of halogens is 2. The highest BCUT2D eigenvalue weighted by Crippen LogP contribution is 2.33. The van der Waals surface area contributed by atoms with Gasteiger partial charge in [0.15, 0.2) is 11.6 Å². The maximum absolute atomic E-state index is 14.4. The number of benzene rings is 2. The SMILES string of the molecule is CCOCC(O)CN(Cc1c(C)nn(-c2ccccc2)c1Oc1ccc(F)cc1F)C(C)C. The van der Waals surface area contributed by atoms with Gasteiger partial charge in [-0.15, -0.1) is 0 Å². The lowest BCUT2D eigenvalue weighted by atomic mass is 10.2. The van der Waals surface area contributed by atoms with Crippen LogP contribution in [0.5, 0.6) is 11.6 Å². The summed E-state index contributed by atoms with van der Waals surface area (Å²) >= 11 is 0. The van der Waals surface area contributed by atoms with Gasteiger partial charge in [-0.25, -0.2) is 13.5 Å². The van der Waals surface area contributed by atoms with E-state index in [1.54, 1.807) is 4.68 Å². The minimum atomic E-state index is -0.799. The van der Waals surface area contributed by atoms with Gasteiger partial charge in [0.05, 0.1) is 29.7 Å². The van der Waals surface area contributed by atoms with Gasteiger partial charge in [-0.2, -0.15) is 5.10 Å². The number of nitrogens with zero attached hydrogens (tertiary/aromatic N) is 3. The third-order valence-corrected chi connectivity index (χ3v) is 5.29. The third kappa shape index (κ3) is 6.37. The Morgan fingerprint density at radius 3 is 2.48 bits per heavy atom. The molecule has 0 aliphatic rings. The first-order chi connectivity index (χ1) is 15.8. The molecule has 0 saturated heterocycles. The summed E-state index contributed by atoms with van der Waals surface area (Å²) in [6, 6.07) is 12.7. The summed E-state index contributed by atoms with van der Waals surface area (Å²) in [5, 5.41) is 15.0. The van der Waals surface area contributed by atoms with Crippen LogP contribution in [0.25, 0.3) is 5.69 Å². The Labute approximate surface area is 193 Å². The quantitative estimate of drug-likeness (QED) is 0.444. The molecule has 3 rings (SSSR count). The van der Waals surface area contributed by atoms with Crippen molar-refractivity contribution in [2.75, 3.05) is 19.8 Å². The van der Waals surface area contributed by atoms with Crippen LogP contribution in [0, 0.1) is 18.6 Å². The monoisotopic (exact) mass is 459 g/mol. The summed E-state index contributed by atoms with van der Waals surface area (Å²) in [5.74, 6) is -1.23. The Morgan fingerprint density at radius 1 is 1.12 bits per heavy atom. The van der Waals surface area contributed by atoms with Gasteiger partial charge in [0.2, 0.25) is 5.88 Å². The molecule has 0 radical (unpaired) electrons. The second-order valence-corrected chi connectivity index (χ2v) is 8.13. The summed E-state index contributed by atoms with van der Waals surface area (Å²) in [6.45, 7) is 9.38. The first kappa shape index (κ1) is 24.8. The highest BCUT2D eigenvalue weighted by atomic mass is 19.1. The maximum Gasteiger partial charge on any atom is 0.227 e. The second kappa shape index (κ2) is 11.4. The number of aliphatic hydroxyl groups excluding tert-OH is 1. The normalized spacial score (nSPS) is 12.5. The van der Waals surface area contributed by atoms with E-state index in [9.17, 15) is 13.9 Å². The van der Waals surface area contributed by atoms with E-state index in [1.165, 1.54) is 6.07 Å². The van der Waals surface area contributed by atoms with Crippen LogP contribution < -0.4 is 4.74 Å². The van der Waals surface area contributed by atoms with Crippen LogP contribution in [0.15, 0.2) is 48.5 Å². The van der Waals surface area contributed by atoms with E-state index in [0.29, 0.717) is 31.3 Å². The fourth-order valence-electron chi connectivity index (χ4n) is 3.47. The van der Waals surface area contributed by atoms with Crippen molar-refractivity contribution in [3.05, 3.63) is 71.4 Å². The zero-order valence-corrected chi connectivity index (χ0v) is 19.5. The van der Waals surface area contributed by atoms with Crippen molar-refractivity contribution in [2.45, 2.75) is 46.4 Å². The van der Waals surface area contributed by atoms with Crippen LogP contribution in [0.2, 0.25) is 0 Å². The van der Waals surface area contributed by atoms with Crippen molar-refractivity contribution in [2.24, 2.45) is 0 Å². The zero-order chi connectivity index (χ0) is 24.0. The lowest BCUT2D eigenvalue weighted by Crippen LogP contribution is -2.39. The molecular weight excluding hydrogens is 428 g/mol. The van der Waals surface area contributed by atoms with Crippen molar-refractivity contribution in [3.8, 4) is 17.3 Å². The summed E-state index contributed by atoms with van der Waals surface area (Å²) in [4.78, 5) is 2.08. The van der Waals surface area contributed by atoms with E-state index in [1.807, 2.05) is 58.0 Å². The van der Waals surface area contributed by atoms with Crippen LogP contribution in [0.3, 0.4) is 0 Å². The van der Waals surface area contributed by atoms with E-state index >= 15 is 0 Å². The first-order valence-electron chi connectivity index (χ1n) is 11.1. The smallest absolute Gasteiger partial charge is 0.227 e. The van der Waals surface area contributed by atoms with E-state index in [-0.39, 0.29) is 18.4 Å². The zero-order valence-electron chi connectivity index (χ0n) is 19.5. The Bertz CT molecular complexity index is 1040. The van der Waals surface area contributed by atoms with Gasteiger partial charge in [0.25, 0.3) is 0 Å². The highest BCUT2D eigenvalue weighted by molar-refractivity contribution is 5.43. The lowest BCUT2D eigenvalue weighted by molar-refractivity contribution is 0.0131. The molecule has 33 heavy (non-hydrogen) atoms. The van der Waals surface area contributed by atoms with Crippen LogP contribution >= 0.6 is 0 Å². The fourth-order valence-corrected chi connectivity index (χ4v) is 3.47. The topological polar surface area (TPSA) is 59.8 Å². The van der Waals surface area contributed by atoms with Crippen LogP contribution in [0.1, 0.15) is 32.0 Å². The molecule has 1 N–H and O–H groups in total. The second-order valence-electron chi connectivity index (χ2n) is 8.13. The number of hydrogen-bond acceptors (Lipinski definition) is 5. The van der Waals surface area contributed by atoms with Gasteiger partial charge < -0.3 is 14.6 Å². The third-order valence-electron chi connectivity index (χ3n) is 5.29. The van der Waals surface area contributed by atoms with Gasteiger partial charge in [-0.1, -0.05) is 18.2 Å². The molecule has 2 aromatic carbocycles. The summed E-state index contributed by atoms with van der Waals surface area (Å²) < 4.78 is 40.8. The van der Waals surface area contributed by atoms with Crippen molar-refractivity contribution >= 4 is 0 Å². The molecular formula is C25H31F2N3O3. The molecule has 0 aliphatic carbocycles. The molecule has 0 spiro atoms. The molecule has 178 valence electrons. The minimum Gasteiger partial charge on any atom is -0.435 e. The molecule has 0 bridgehead atoms. The van der Waals surface area contributed by atoms with Gasteiger partial charge in [0, 0.05) is 31.8 Å². The van der Waals surface area contributed by atoms with Crippen molar-refractivity contribution in [1.82, 2.24) is 14.7 Å². The number of rotatable bonds is 11. The molecule has 0 saturated carbocycles. The summed E-state index contributed by atoms with van der Waals surface area (Å²) in [7, 11) is 0. The number of ether oxygens (including phenoxy) is 2. The van der Waals surface area contributed by atoms with Crippen LogP contribution in [-0.2, 0) is 11.3 Å². The van der Waals surface area contributed by atoms with Gasteiger partial charge in [-0.3, -0.25) is 4.90 Å². The Balaban J connectivity index is 2.00. The molecule has 8 heteroatoms. The molecule has 1 aromatic heterocycles. The van der Waals surface area contributed by atoms with Gasteiger partial charge in [-0.05, 0) is 52.0 Å². The van der Waals surface area contributed by atoms with Crippen molar-refractivity contribution in [3.63, 3.8) is 0 Å². The minimum absolute atomic E-state index is 0.0952. The Hall–Kier alpha value is -2.81. The Morgan fingerprint density at radius 2 is 1.85 bits per heavy atom. The summed E-state index contributed by atoms with van der Waals surface area (Å²) in [6.07, 6.45) is -0.657. The van der Waals surface area contributed by atoms with Gasteiger partial charge >= 0.3 is 0 Å². The molecule has 3 aromatic rings. The number of aryl methyl sites for hydroxylation is 1. The van der Waals surface area contributed by atoms with Gasteiger partial charge in [0.1, 0.15) is 5.82 Å². The molecule has 6 nitrogen and oxygen atoms in total. The number of para-hydroxylation sites is 1. The largest absolute Gasteiger partial charge is 0.435 e. The van der Waals surface area contributed by atoms with E-state index in [0.717, 1.165) is 23.4 Å². The molecule has 0 amide bonds. The molecule has 0 fully saturated rings. The number of hydrogen-bond donors (Lipinski definition) is 1. The van der Waals surface area contributed by atoms with E-state index < -0.39 is 17.7 Å². The predicted octanol–water partition coefficient (Wildman–Crippen LogP) is 4.86. The van der Waals surface area contributed by atoms with Crippen molar-refractivity contribution in [1.29, 1.82) is 0 Å².